The molecule has 24 heavy (non-hydrogen) atoms. The predicted octanol–water partition coefficient (Wildman–Crippen LogP) is 6.22. The number of hydrogen-bond donors (Lipinski definition) is 0. The Bertz CT molecular complexity index is 620. The number of hydrogen-bond acceptors (Lipinski definition) is 2. The van der Waals surface area contributed by atoms with Gasteiger partial charge in [-0.25, -0.2) is 0 Å². The van der Waals surface area contributed by atoms with E-state index in [1.807, 2.05) is 36.4 Å². The van der Waals surface area contributed by atoms with Gasteiger partial charge in [-0.15, -0.1) is 0 Å². The van der Waals surface area contributed by atoms with Crippen LogP contribution >= 0.6 is 0 Å². The Balaban J connectivity index is 2.67. The Morgan fingerprint density at radius 3 is 1.08 bits per heavy atom. The van der Waals surface area contributed by atoms with Gasteiger partial charge in [0.15, 0.2) is 11.5 Å². The molecule has 2 nitrogen and oxygen atoms in total. The highest BCUT2D eigenvalue weighted by molar-refractivity contribution is 6.71. The van der Waals surface area contributed by atoms with Gasteiger partial charge in [-0.2, -0.15) is 0 Å². The van der Waals surface area contributed by atoms with Gasteiger partial charge >= 0.3 is 0 Å². The zero-order valence-corrected chi connectivity index (χ0v) is 17.6. The SMILES string of the molecule is C[Si](C)(C)O/C(=C(\O[Si](C)(C)C)c1ccccc1)c1ccccc1. The van der Waals surface area contributed by atoms with Crippen LogP contribution in [0.1, 0.15) is 11.1 Å². The molecule has 4 heteroatoms. The van der Waals surface area contributed by atoms with Gasteiger partial charge in [0.25, 0.3) is 0 Å². The van der Waals surface area contributed by atoms with Crippen LogP contribution in [0.3, 0.4) is 0 Å². The monoisotopic (exact) mass is 356 g/mol. The zero-order chi connectivity index (χ0) is 17.8. The van der Waals surface area contributed by atoms with E-state index < -0.39 is 16.6 Å². The van der Waals surface area contributed by atoms with E-state index in [0.717, 1.165) is 22.6 Å². The van der Waals surface area contributed by atoms with Gasteiger partial charge in [0, 0.05) is 11.1 Å². The van der Waals surface area contributed by atoms with Crippen LogP contribution in [-0.2, 0) is 8.85 Å². The normalized spacial score (nSPS) is 13.2. The maximum absolute atomic E-state index is 6.50. The maximum atomic E-state index is 6.50. The summed E-state index contributed by atoms with van der Waals surface area (Å²) >= 11 is 0. The summed E-state index contributed by atoms with van der Waals surface area (Å²) in [5.74, 6) is 1.73. The summed E-state index contributed by atoms with van der Waals surface area (Å²) in [6.07, 6.45) is 0. The summed E-state index contributed by atoms with van der Waals surface area (Å²) in [7, 11) is -3.59. The van der Waals surface area contributed by atoms with Crippen molar-refractivity contribution in [3.63, 3.8) is 0 Å². The average Bonchev–Trinajstić information content (AvgIpc) is 2.50. The Labute approximate surface area is 148 Å². The van der Waals surface area contributed by atoms with E-state index in [1.165, 1.54) is 0 Å². The third kappa shape index (κ3) is 5.69. The summed E-state index contributed by atoms with van der Waals surface area (Å²) in [4.78, 5) is 0. The minimum absolute atomic E-state index is 0.864. The van der Waals surface area contributed by atoms with E-state index in [-0.39, 0.29) is 0 Å². The standard InChI is InChI=1S/C20H28O2Si2/c1-23(2,3)21-19(17-13-9-7-10-14-17)20(22-24(4,5)6)18-15-11-8-12-16-18/h7-16H,1-6H3/b20-19-. The number of rotatable bonds is 6. The lowest BCUT2D eigenvalue weighted by molar-refractivity contribution is 0.466. The van der Waals surface area contributed by atoms with Crippen molar-refractivity contribution in [1.82, 2.24) is 0 Å². The molecule has 0 aliphatic heterocycles. The van der Waals surface area contributed by atoms with Gasteiger partial charge in [-0.1, -0.05) is 60.7 Å². The predicted molar refractivity (Wildman–Crippen MR) is 109 cm³/mol. The van der Waals surface area contributed by atoms with Gasteiger partial charge in [0.2, 0.25) is 16.6 Å². The summed E-state index contributed by atoms with van der Waals surface area (Å²) in [5, 5.41) is 0. The molecule has 2 aromatic carbocycles. The van der Waals surface area contributed by atoms with Gasteiger partial charge in [-0.05, 0) is 39.3 Å². The lowest BCUT2D eigenvalue weighted by Gasteiger charge is -2.29. The number of benzene rings is 2. The minimum atomic E-state index is -1.80. The highest BCUT2D eigenvalue weighted by Crippen LogP contribution is 2.33. The molecule has 0 aliphatic rings. The Kier molecular flexibility index (Phi) is 5.72. The van der Waals surface area contributed by atoms with Crippen LogP contribution in [0.15, 0.2) is 60.7 Å². The molecule has 0 fully saturated rings. The van der Waals surface area contributed by atoms with Crippen LogP contribution in [-0.4, -0.2) is 16.6 Å². The minimum Gasteiger partial charge on any atom is -0.541 e. The van der Waals surface area contributed by atoms with Crippen molar-refractivity contribution in [1.29, 1.82) is 0 Å². The van der Waals surface area contributed by atoms with Gasteiger partial charge < -0.3 is 8.85 Å². The van der Waals surface area contributed by atoms with Crippen molar-refractivity contribution >= 4 is 28.2 Å². The zero-order valence-electron chi connectivity index (χ0n) is 15.6. The molecular formula is C20H28O2Si2. The Hall–Kier alpha value is -1.79. The summed E-state index contributed by atoms with van der Waals surface area (Å²) in [5.41, 5.74) is 2.13. The topological polar surface area (TPSA) is 18.5 Å². The smallest absolute Gasteiger partial charge is 0.242 e. The molecule has 0 N–H and O–H groups in total. The van der Waals surface area contributed by atoms with Crippen LogP contribution in [0.4, 0.5) is 0 Å². The molecule has 0 saturated heterocycles. The molecule has 0 atom stereocenters. The fraction of sp³-hybridized carbons (Fsp3) is 0.300. The summed E-state index contributed by atoms with van der Waals surface area (Å²) in [6.45, 7) is 13.2. The van der Waals surface area contributed by atoms with Crippen LogP contribution in [0.2, 0.25) is 39.3 Å². The Morgan fingerprint density at radius 1 is 0.542 bits per heavy atom. The lowest BCUT2D eigenvalue weighted by Crippen LogP contribution is -2.28. The largest absolute Gasteiger partial charge is 0.541 e. The highest BCUT2D eigenvalue weighted by atomic mass is 28.4. The first-order valence-electron chi connectivity index (χ1n) is 8.39. The molecule has 2 rings (SSSR count). The molecule has 0 heterocycles. The molecule has 128 valence electrons. The van der Waals surface area contributed by atoms with Crippen molar-refractivity contribution in [2.45, 2.75) is 39.3 Å². The summed E-state index contributed by atoms with van der Waals surface area (Å²) < 4.78 is 13.0. The second-order valence-electron chi connectivity index (χ2n) is 7.82. The first-order valence-corrected chi connectivity index (χ1v) is 15.2. The van der Waals surface area contributed by atoms with E-state index in [9.17, 15) is 0 Å². The maximum Gasteiger partial charge on any atom is 0.242 e. The molecule has 2 aromatic rings. The second-order valence-corrected chi connectivity index (χ2v) is 16.7. The van der Waals surface area contributed by atoms with Crippen molar-refractivity contribution in [2.75, 3.05) is 0 Å². The summed E-state index contributed by atoms with van der Waals surface area (Å²) in [6, 6.07) is 20.6. The van der Waals surface area contributed by atoms with Crippen LogP contribution in [0.5, 0.6) is 0 Å². The van der Waals surface area contributed by atoms with Crippen LogP contribution in [0, 0.1) is 0 Å². The molecule has 0 radical (unpaired) electrons. The fourth-order valence-electron chi connectivity index (χ4n) is 2.26. The van der Waals surface area contributed by atoms with E-state index in [2.05, 4.69) is 63.5 Å². The third-order valence-electron chi connectivity index (χ3n) is 3.09. The lowest BCUT2D eigenvalue weighted by atomic mass is 10.1. The van der Waals surface area contributed by atoms with Crippen molar-refractivity contribution in [2.24, 2.45) is 0 Å². The van der Waals surface area contributed by atoms with Gasteiger partial charge in [-0.3, -0.25) is 0 Å². The van der Waals surface area contributed by atoms with Crippen molar-refractivity contribution < 1.29 is 8.85 Å². The third-order valence-corrected chi connectivity index (χ3v) is 4.73. The quantitative estimate of drug-likeness (QED) is 0.348. The molecule has 0 saturated carbocycles. The van der Waals surface area contributed by atoms with E-state index in [4.69, 9.17) is 8.85 Å². The first-order chi connectivity index (χ1) is 11.2. The van der Waals surface area contributed by atoms with E-state index >= 15 is 0 Å². The molecule has 0 aromatic heterocycles. The van der Waals surface area contributed by atoms with E-state index in [1.54, 1.807) is 0 Å². The van der Waals surface area contributed by atoms with Crippen LogP contribution in [0.25, 0.3) is 11.5 Å². The first kappa shape index (κ1) is 18.6. The molecular weight excluding hydrogens is 328 g/mol. The Morgan fingerprint density at radius 2 is 0.833 bits per heavy atom. The molecule has 0 bridgehead atoms. The molecule has 0 aliphatic carbocycles. The van der Waals surface area contributed by atoms with Crippen LogP contribution < -0.4 is 0 Å². The fourth-order valence-corrected chi connectivity index (χ4v) is 3.91. The average molecular weight is 357 g/mol. The molecule has 0 amide bonds. The molecule has 0 spiro atoms. The van der Waals surface area contributed by atoms with Gasteiger partial charge in [0.05, 0.1) is 0 Å². The van der Waals surface area contributed by atoms with Crippen molar-refractivity contribution in [3.05, 3.63) is 71.8 Å². The van der Waals surface area contributed by atoms with Gasteiger partial charge in [0.1, 0.15) is 0 Å². The van der Waals surface area contributed by atoms with Crippen molar-refractivity contribution in [3.8, 4) is 0 Å². The highest BCUT2D eigenvalue weighted by Gasteiger charge is 2.26. The molecule has 0 unspecified atom stereocenters. The second kappa shape index (κ2) is 7.40. The van der Waals surface area contributed by atoms with E-state index in [0.29, 0.717) is 0 Å².